The van der Waals surface area contributed by atoms with Gasteiger partial charge in [-0.15, -0.1) is 5.10 Å². The Labute approximate surface area is 134 Å². The largest absolute Gasteiger partial charge is 0.247 e. The van der Waals surface area contributed by atoms with Crippen LogP contribution in [0.1, 0.15) is 36.1 Å². The van der Waals surface area contributed by atoms with Gasteiger partial charge in [-0.1, -0.05) is 17.3 Å². The topological polar surface area (TPSA) is 68.1 Å². The molecule has 2 fully saturated rings. The second-order valence-corrected chi connectivity index (χ2v) is 8.22. The summed E-state index contributed by atoms with van der Waals surface area (Å²) in [5, 5.41) is 8.26. The molecule has 2 aliphatic rings. The highest BCUT2D eigenvalue weighted by Gasteiger charge is 2.38. The summed E-state index contributed by atoms with van der Waals surface area (Å²) in [5.41, 5.74) is 1.47. The first-order valence-corrected chi connectivity index (χ1v) is 9.26. The molecule has 4 rings (SSSR count). The van der Waals surface area contributed by atoms with Crippen LogP contribution in [0.2, 0.25) is 0 Å². The molecule has 1 aromatic heterocycles. The number of hydrogen-bond acceptors (Lipinski definition) is 4. The highest BCUT2D eigenvalue weighted by atomic mass is 32.2. The van der Waals surface area contributed by atoms with Crippen LogP contribution in [0.5, 0.6) is 0 Å². The smallest absolute Gasteiger partial charge is 0.218 e. The van der Waals surface area contributed by atoms with Crippen molar-refractivity contribution < 1.29 is 12.8 Å². The van der Waals surface area contributed by atoms with E-state index in [1.54, 1.807) is 10.7 Å². The average Bonchev–Trinajstić information content (AvgIpc) is 3.16. The van der Waals surface area contributed by atoms with E-state index in [4.69, 9.17) is 0 Å². The Morgan fingerprint density at radius 3 is 2.74 bits per heavy atom. The van der Waals surface area contributed by atoms with Gasteiger partial charge in [-0.2, -0.15) is 4.31 Å². The summed E-state index contributed by atoms with van der Waals surface area (Å²) in [7, 11) is -3.43. The zero-order valence-corrected chi connectivity index (χ0v) is 13.3. The summed E-state index contributed by atoms with van der Waals surface area (Å²) >= 11 is 0. The Morgan fingerprint density at radius 2 is 2.04 bits per heavy atom. The van der Waals surface area contributed by atoms with Gasteiger partial charge in [-0.25, -0.2) is 17.5 Å². The Balaban J connectivity index is 1.39. The monoisotopic (exact) mass is 336 g/mol. The fraction of sp³-hybridized carbons (Fsp3) is 0.467. The van der Waals surface area contributed by atoms with Gasteiger partial charge in [0.2, 0.25) is 10.0 Å². The second-order valence-electron chi connectivity index (χ2n) is 6.25. The number of hydrogen-bond donors (Lipinski definition) is 0. The second kappa shape index (κ2) is 5.38. The van der Waals surface area contributed by atoms with Crippen LogP contribution in [-0.2, 0) is 15.8 Å². The molecule has 0 atom stereocenters. The minimum atomic E-state index is -3.43. The minimum absolute atomic E-state index is 0.0392. The van der Waals surface area contributed by atoms with Gasteiger partial charge in [0.1, 0.15) is 5.82 Å². The Bertz CT molecular complexity index is 826. The molecule has 2 aromatic rings. The number of sulfonamides is 1. The minimum Gasteiger partial charge on any atom is -0.247 e. The van der Waals surface area contributed by atoms with Gasteiger partial charge >= 0.3 is 0 Å². The van der Waals surface area contributed by atoms with Crippen molar-refractivity contribution in [1.82, 2.24) is 19.3 Å². The molecule has 0 radical (unpaired) electrons. The van der Waals surface area contributed by atoms with Crippen LogP contribution in [0.4, 0.5) is 4.39 Å². The van der Waals surface area contributed by atoms with Crippen molar-refractivity contribution in [2.24, 2.45) is 0 Å². The maximum atomic E-state index is 13.2. The van der Waals surface area contributed by atoms with Crippen molar-refractivity contribution in [2.75, 3.05) is 13.1 Å². The molecule has 8 heteroatoms. The normalized spacial score (nSPS) is 19.7. The van der Waals surface area contributed by atoms with Gasteiger partial charge in [0, 0.05) is 25.2 Å². The van der Waals surface area contributed by atoms with Crippen LogP contribution >= 0.6 is 0 Å². The van der Waals surface area contributed by atoms with Gasteiger partial charge in [0.15, 0.2) is 0 Å². The van der Waals surface area contributed by atoms with Gasteiger partial charge in [0.25, 0.3) is 0 Å². The van der Waals surface area contributed by atoms with Gasteiger partial charge in [-0.05, 0) is 30.5 Å². The molecule has 0 spiro atoms. The first-order valence-electron chi connectivity index (χ1n) is 7.65. The lowest BCUT2D eigenvalue weighted by Crippen LogP contribution is -2.51. The lowest BCUT2D eigenvalue weighted by atomic mass is 10.2. The molecule has 6 nitrogen and oxygen atoms in total. The molecular formula is C15H17FN4O2S. The molecule has 122 valence electrons. The third-order valence-corrected chi connectivity index (χ3v) is 6.14. The summed E-state index contributed by atoms with van der Waals surface area (Å²) < 4.78 is 41.1. The third-order valence-electron chi connectivity index (χ3n) is 4.36. The fourth-order valence-electron chi connectivity index (χ4n) is 2.77. The molecule has 0 N–H and O–H groups in total. The van der Waals surface area contributed by atoms with Crippen LogP contribution in [0, 0.1) is 5.82 Å². The summed E-state index contributed by atoms with van der Waals surface area (Å²) in [5.74, 6) is -0.0617. The number of aromatic nitrogens is 3. The van der Waals surface area contributed by atoms with E-state index >= 15 is 0 Å². The van der Waals surface area contributed by atoms with Crippen molar-refractivity contribution in [3.8, 4) is 0 Å². The van der Waals surface area contributed by atoms with Crippen LogP contribution < -0.4 is 0 Å². The highest BCUT2D eigenvalue weighted by molar-refractivity contribution is 7.88. The molecule has 1 saturated heterocycles. The van der Waals surface area contributed by atoms with E-state index in [2.05, 4.69) is 10.3 Å². The summed E-state index contributed by atoms with van der Waals surface area (Å²) in [4.78, 5) is 0. The van der Waals surface area contributed by atoms with E-state index < -0.39 is 15.8 Å². The molecule has 1 aliphatic carbocycles. The van der Waals surface area contributed by atoms with E-state index in [9.17, 15) is 12.8 Å². The molecule has 1 saturated carbocycles. The molecule has 0 bridgehead atoms. The van der Waals surface area contributed by atoms with Gasteiger partial charge in [0.05, 0.1) is 17.5 Å². The number of rotatable bonds is 5. The fourth-order valence-corrected chi connectivity index (χ4v) is 4.36. The number of benzene rings is 1. The zero-order valence-electron chi connectivity index (χ0n) is 12.5. The standard InChI is InChI=1S/C15H17FN4O2S/c16-13-3-1-2-11(6-13)10-23(21,22)19-7-14(8-19)20-9-15(17-18-20)12-4-5-12/h1-3,6,9,12,14H,4-5,7-8,10H2. The van der Waals surface area contributed by atoms with Crippen LogP contribution in [0.25, 0.3) is 0 Å². The SMILES string of the molecule is O=S(=O)(Cc1cccc(F)c1)N1CC(n2cc(C3CC3)nn2)C1. The molecule has 0 unspecified atom stereocenters. The maximum Gasteiger partial charge on any atom is 0.218 e. The molecule has 0 amide bonds. The predicted molar refractivity (Wildman–Crippen MR) is 81.6 cm³/mol. The Hall–Kier alpha value is -1.80. The van der Waals surface area contributed by atoms with E-state index in [0.29, 0.717) is 24.6 Å². The van der Waals surface area contributed by atoms with E-state index in [0.717, 1.165) is 18.5 Å². The molecule has 1 aliphatic heterocycles. The van der Waals surface area contributed by atoms with Crippen molar-refractivity contribution in [3.63, 3.8) is 0 Å². The highest BCUT2D eigenvalue weighted by Crippen LogP contribution is 2.39. The van der Waals surface area contributed by atoms with E-state index in [1.165, 1.54) is 22.5 Å². The summed E-state index contributed by atoms with van der Waals surface area (Å²) in [6.07, 6.45) is 4.26. The Kier molecular flexibility index (Phi) is 3.46. The number of halogens is 1. The molecule has 1 aromatic carbocycles. The zero-order chi connectivity index (χ0) is 16.0. The van der Waals surface area contributed by atoms with Crippen LogP contribution in [-0.4, -0.2) is 40.8 Å². The first kappa shape index (κ1) is 14.8. The quantitative estimate of drug-likeness (QED) is 0.833. The van der Waals surface area contributed by atoms with Crippen molar-refractivity contribution in [1.29, 1.82) is 0 Å². The van der Waals surface area contributed by atoms with E-state index in [-0.39, 0.29) is 11.8 Å². The molecule has 23 heavy (non-hydrogen) atoms. The Morgan fingerprint density at radius 1 is 1.26 bits per heavy atom. The predicted octanol–water partition coefficient (Wildman–Crippen LogP) is 1.68. The third kappa shape index (κ3) is 3.00. The number of nitrogens with zero attached hydrogens (tertiary/aromatic N) is 4. The summed E-state index contributed by atoms with van der Waals surface area (Å²) in [6.45, 7) is 0.788. The van der Waals surface area contributed by atoms with Crippen molar-refractivity contribution >= 4 is 10.0 Å². The first-order chi connectivity index (χ1) is 11.0. The lowest BCUT2D eigenvalue weighted by Gasteiger charge is -2.37. The average molecular weight is 336 g/mol. The van der Waals surface area contributed by atoms with Crippen molar-refractivity contribution in [2.45, 2.75) is 30.6 Å². The maximum absolute atomic E-state index is 13.2. The van der Waals surface area contributed by atoms with E-state index in [1.807, 2.05) is 6.20 Å². The van der Waals surface area contributed by atoms with Gasteiger partial charge < -0.3 is 0 Å². The van der Waals surface area contributed by atoms with Crippen LogP contribution in [0.15, 0.2) is 30.5 Å². The van der Waals surface area contributed by atoms with Crippen molar-refractivity contribution in [3.05, 3.63) is 47.5 Å². The summed E-state index contributed by atoms with van der Waals surface area (Å²) in [6, 6.07) is 5.74. The molecule has 2 heterocycles. The van der Waals surface area contributed by atoms with Gasteiger partial charge in [-0.3, -0.25) is 0 Å². The van der Waals surface area contributed by atoms with Crippen LogP contribution in [0.3, 0.4) is 0 Å². The molecular weight excluding hydrogens is 319 g/mol. The lowest BCUT2D eigenvalue weighted by molar-refractivity contribution is 0.188.